The number of hydrogen-bond donors (Lipinski definition) is 3. The van der Waals surface area contributed by atoms with Gasteiger partial charge in [0.05, 0.1) is 12.3 Å². The van der Waals surface area contributed by atoms with Crippen LogP contribution in [-0.4, -0.2) is 30.8 Å². The number of nitrogens with two attached hydrogens (primary N) is 1. The van der Waals surface area contributed by atoms with Crippen molar-refractivity contribution in [3.8, 4) is 5.75 Å². The Morgan fingerprint density at radius 3 is 2.88 bits per heavy atom. The molecule has 5 nitrogen and oxygen atoms in total. The fraction of sp³-hybridized carbons (Fsp3) is 0.364. The fourth-order valence-corrected chi connectivity index (χ4v) is 1.23. The van der Waals surface area contributed by atoms with Crippen molar-refractivity contribution in [3.63, 3.8) is 0 Å². The molecule has 0 aliphatic heterocycles. The lowest BCUT2D eigenvalue weighted by atomic mass is 10.2. The second-order valence-electron chi connectivity index (χ2n) is 3.57. The number of rotatable bonds is 4. The van der Waals surface area contributed by atoms with Gasteiger partial charge >= 0.3 is 0 Å². The number of carbonyl (C=O) groups excluding carboxylic acids is 1. The van der Waals surface area contributed by atoms with Crippen LogP contribution in [0.3, 0.4) is 0 Å². The normalized spacial score (nSPS) is 12.2. The van der Waals surface area contributed by atoms with Crippen LogP contribution in [0.25, 0.3) is 0 Å². The van der Waals surface area contributed by atoms with Gasteiger partial charge in [0.2, 0.25) is 5.91 Å². The number of nitrogens with one attached hydrogen (secondary N) is 1. The van der Waals surface area contributed by atoms with Crippen molar-refractivity contribution in [1.29, 1.82) is 0 Å². The van der Waals surface area contributed by atoms with Crippen molar-refractivity contribution in [2.45, 2.75) is 13.0 Å². The Kier molecular flexibility index (Phi) is 4.28. The Bertz CT molecular complexity index is 379. The van der Waals surface area contributed by atoms with E-state index in [1.54, 1.807) is 18.2 Å². The monoisotopic (exact) mass is 224 g/mol. The summed E-state index contributed by atoms with van der Waals surface area (Å²) in [5.74, 6) is -0.362. The van der Waals surface area contributed by atoms with Crippen LogP contribution in [0.1, 0.15) is 5.56 Å². The van der Waals surface area contributed by atoms with Crippen LogP contribution >= 0.6 is 0 Å². The Balaban J connectivity index is 2.69. The number of carbonyl (C=O) groups is 1. The second kappa shape index (κ2) is 5.48. The molecule has 1 rings (SSSR count). The zero-order valence-electron chi connectivity index (χ0n) is 9.36. The van der Waals surface area contributed by atoms with Crippen LogP contribution in [0.15, 0.2) is 18.2 Å². The molecule has 5 heteroatoms. The average Bonchev–Trinajstić information content (AvgIpc) is 2.22. The van der Waals surface area contributed by atoms with E-state index >= 15 is 0 Å². The maximum Gasteiger partial charge on any atom is 0.243 e. The predicted octanol–water partition coefficient (Wildman–Crippen LogP) is 0.613. The Labute approximate surface area is 94.2 Å². The number of benzene rings is 1. The van der Waals surface area contributed by atoms with E-state index in [-0.39, 0.29) is 18.3 Å². The molecule has 0 radical (unpaired) electrons. The molecule has 16 heavy (non-hydrogen) atoms. The third-order valence-electron chi connectivity index (χ3n) is 2.09. The first-order chi connectivity index (χ1) is 7.54. The first-order valence-corrected chi connectivity index (χ1v) is 4.89. The molecule has 1 amide bonds. The Morgan fingerprint density at radius 2 is 2.31 bits per heavy atom. The molecule has 1 atom stereocenters. The number of amides is 1. The minimum Gasteiger partial charge on any atom is -0.506 e. The van der Waals surface area contributed by atoms with E-state index in [4.69, 9.17) is 10.5 Å². The van der Waals surface area contributed by atoms with Crippen LogP contribution in [0, 0.1) is 6.92 Å². The van der Waals surface area contributed by atoms with Gasteiger partial charge < -0.3 is 20.9 Å². The third-order valence-corrected chi connectivity index (χ3v) is 2.09. The van der Waals surface area contributed by atoms with E-state index in [0.29, 0.717) is 5.69 Å². The van der Waals surface area contributed by atoms with E-state index in [2.05, 4.69) is 5.32 Å². The van der Waals surface area contributed by atoms with Gasteiger partial charge in [-0.05, 0) is 24.6 Å². The molecule has 4 N–H and O–H groups in total. The van der Waals surface area contributed by atoms with Gasteiger partial charge in [-0.3, -0.25) is 4.79 Å². The molecular formula is C11H16N2O3. The molecule has 0 aliphatic carbocycles. The van der Waals surface area contributed by atoms with Gasteiger partial charge in [-0.2, -0.15) is 0 Å². The van der Waals surface area contributed by atoms with Gasteiger partial charge in [-0.25, -0.2) is 0 Å². The molecular weight excluding hydrogens is 208 g/mol. The van der Waals surface area contributed by atoms with Crippen molar-refractivity contribution < 1.29 is 14.6 Å². The number of hydrogen-bond acceptors (Lipinski definition) is 4. The summed E-state index contributed by atoms with van der Waals surface area (Å²) in [5, 5.41) is 12.1. The number of phenols is 1. The SMILES string of the molecule is COCC(N)C(=O)Nc1ccc(C)cc1O. The van der Waals surface area contributed by atoms with Gasteiger partial charge in [0.15, 0.2) is 0 Å². The van der Waals surface area contributed by atoms with Crippen LogP contribution in [0.4, 0.5) is 5.69 Å². The molecule has 88 valence electrons. The van der Waals surface area contributed by atoms with E-state index in [1.165, 1.54) is 7.11 Å². The van der Waals surface area contributed by atoms with Crippen molar-refractivity contribution in [1.82, 2.24) is 0 Å². The molecule has 0 aliphatic rings. The summed E-state index contributed by atoms with van der Waals surface area (Å²) >= 11 is 0. The molecule has 1 aromatic rings. The summed E-state index contributed by atoms with van der Waals surface area (Å²) in [6, 6.07) is 4.24. The maximum atomic E-state index is 11.5. The summed E-state index contributed by atoms with van der Waals surface area (Å²) in [4.78, 5) is 11.5. The lowest BCUT2D eigenvalue weighted by Crippen LogP contribution is -2.39. The van der Waals surface area contributed by atoms with Crippen LogP contribution < -0.4 is 11.1 Å². The maximum absolute atomic E-state index is 11.5. The average molecular weight is 224 g/mol. The summed E-state index contributed by atoms with van der Waals surface area (Å²) in [5.41, 5.74) is 6.80. The van der Waals surface area contributed by atoms with Crippen molar-refractivity contribution >= 4 is 11.6 Å². The van der Waals surface area contributed by atoms with Crippen LogP contribution in [-0.2, 0) is 9.53 Å². The number of aromatic hydroxyl groups is 1. The van der Waals surface area contributed by atoms with E-state index < -0.39 is 6.04 Å². The van der Waals surface area contributed by atoms with E-state index in [1.807, 2.05) is 6.92 Å². The van der Waals surface area contributed by atoms with Crippen LogP contribution in [0.5, 0.6) is 5.75 Å². The topological polar surface area (TPSA) is 84.6 Å². The second-order valence-corrected chi connectivity index (χ2v) is 3.57. The minimum atomic E-state index is -0.745. The van der Waals surface area contributed by atoms with Gasteiger partial charge in [0.25, 0.3) is 0 Å². The highest BCUT2D eigenvalue weighted by molar-refractivity contribution is 5.96. The summed E-state index contributed by atoms with van der Waals surface area (Å²) in [7, 11) is 1.47. The molecule has 0 bridgehead atoms. The summed E-state index contributed by atoms with van der Waals surface area (Å²) < 4.78 is 4.76. The molecule has 0 spiro atoms. The van der Waals surface area contributed by atoms with E-state index in [0.717, 1.165) is 5.56 Å². The first-order valence-electron chi connectivity index (χ1n) is 4.89. The predicted molar refractivity (Wildman–Crippen MR) is 61.3 cm³/mol. The first kappa shape index (κ1) is 12.5. The van der Waals surface area contributed by atoms with Gasteiger partial charge in [0.1, 0.15) is 11.8 Å². The van der Waals surface area contributed by atoms with Crippen LogP contribution in [0.2, 0.25) is 0 Å². The zero-order chi connectivity index (χ0) is 12.1. The Morgan fingerprint density at radius 1 is 1.62 bits per heavy atom. The number of aryl methyl sites for hydroxylation is 1. The van der Waals surface area contributed by atoms with Gasteiger partial charge in [0, 0.05) is 7.11 Å². The molecule has 0 heterocycles. The number of ether oxygens (including phenoxy) is 1. The fourth-order valence-electron chi connectivity index (χ4n) is 1.23. The molecule has 0 fully saturated rings. The summed E-state index contributed by atoms with van der Waals surface area (Å²) in [6.07, 6.45) is 0. The van der Waals surface area contributed by atoms with Gasteiger partial charge in [-0.1, -0.05) is 6.07 Å². The Hall–Kier alpha value is -1.59. The lowest BCUT2D eigenvalue weighted by Gasteiger charge is -2.12. The van der Waals surface area contributed by atoms with Gasteiger partial charge in [-0.15, -0.1) is 0 Å². The number of anilines is 1. The minimum absolute atomic E-state index is 0.0259. The molecule has 0 aromatic heterocycles. The highest BCUT2D eigenvalue weighted by atomic mass is 16.5. The quantitative estimate of drug-likeness (QED) is 0.654. The van der Waals surface area contributed by atoms with Crippen molar-refractivity contribution in [2.75, 3.05) is 19.0 Å². The van der Waals surface area contributed by atoms with Crippen molar-refractivity contribution in [2.24, 2.45) is 5.73 Å². The van der Waals surface area contributed by atoms with Crippen molar-refractivity contribution in [3.05, 3.63) is 23.8 Å². The largest absolute Gasteiger partial charge is 0.506 e. The number of methoxy groups -OCH3 is 1. The molecule has 0 saturated heterocycles. The number of phenolic OH excluding ortho intramolecular Hbond substituents is 1. The molecule has 0 saturated carbocycles. The summed E-state index contributed by atoms with van der Waals surface area (Å²) in [6.45, 7) is 1.99. The molecule has 1 aromatic carbocycles. The lowest BCUT2D eigenvalue weighted by molar-refractivity contribution is -0.118. The highest BCUT2D eigenvalue weighted by Crippen LogP contribution is 2.23. The molecule has 1 unspecified atom stereocenters. The standard InChI is InChI=1S/C11H16N2O3/c1-7-3-4-9(10(14)5-7)13-11(15)8(12)6-16-2/h3-5,8,14H,6,12H2,1-2H3,(H,13,15). The van der Waals surface area contributed by atoms with E-state index in [9.17, 15) is 9.90 Å². The smallest absolute Gasteiger partial charge is 0.243 e. The highest BCUT2D eigenvalue weighted by Gasteiger charge is 2.14. The zero-order valence-corrected chi connectivity index (χ0v) is 9.36. The third kappa shape index (κ3) is 3.22.